The summed E-state index contributed by atoms with van der Waals surface area (Å²) in [6.07, 6.45) is 3.41. The van der Waals surface area contributed by atoms with Crippen molar-refractivity contribution in [3.8, 4) is 0 Å². The minimum Gasteiger partial charge on any atom is -0.384 e. The van der Waals surface area contributed by atoms with Crippen LogP contribution in [-0.4, -0.2) is 60.4 Å². The Morgan fingerprint density at radius 2 is 1.07 bits per heavy atom. The molecule has 0 aromatic heterocycles. The molecule has 6 nitrogen and oxygen atoms in total. The maximum absolute atomic E-state index is 12.4. The van der Waals surface area contributed by atoms with Gasteiger partial charge in [-0.05, 0) is 73.0 Å². The number of ether oxygens (including phenoxy) is 4. The van der Waals surface area contributed by atoms with Gasteiger partial charge in [-0.25, -0.2) is 0 Å². The van der Waals surface area contributed by atoms with Crippen molar-refractivity contribution in [2.45, 2.75) is 61.7 Å². The van der Waals surface area contributed by atoms with E-state index in [4.69, 9.17) is 18.9 Å². The average molecular weight is 390 g/mol. The zero-order valence-electron chi connectivity index (χ0n) is 16.4. The van der Waals surface area contributed by atoms with E-state index in [2.05, 4.69) is 0 Å². The lowest BCUT2D eigenvalue weighted by molar-refractivity contribution is -0.317. The first kappa shape index (κ1) is 16.5. The summed E-state index contributed by atoms with van der Waals surface area (Å²) >= 11 is 0. The van der Waals surface area contributed by atoms with Crippen molar-refractivity contribution in [3.63, 3.8) is 0 Å². The fourth-order valence-electron chi connectivity index (χ4n) is 11.3. The topological polar surface area (TPSA) is 77.4 Å². The van der Waals surface area contributed by atoms with Crippen LogP contribution in [0.4, 0.5) is 0 Å². The van der Waals surface area contributed by atoms with Gasteiger partial charge in [0.1, 0.15) is 11.2 Å². The second-order valence-electron chi connectivity index (χ2n) is 11.2. The van der Waals surface area contributed by atoms with E-state index in [1.165, 1.54) is 0 Å². The van der Waals surface area contributed by atoms with E-state index in [1.807, 2.05) is 0 Å². The zero-order chi connectivity index (χ0) is 18.7. The van der Waals surface area contributed by atoms with Gasteiger partial charge in [-0.2, -0.15) is 0 Å². The van der Waals surface area contributed by atoms with Gasteiger partial charge in [-0.1, -0.05) is 0 Å². The third kappa shape index (κ3) is 1.31. The second-order valence-corrected chi connectivity index (χ2v) is 11.2. The van der Waals surface area contributed by atoms with Crippen molar-refractivity contribution in [1.82, 2.24) is 0 Å². The van der Waals surface area contributed by atoms with Crippen LogP contribution < -0.4 is 0 Å². The lowest BCUT2D eigenvalue weighted by Gasteiger charge is -2.51. The van der Waals surface area contributed by atoms with Gasteiger partial charge in [0.05, 0.1) is 12.2 Å². The first-order valence-corrected chi connectivity index (χ1v) is 11.4. The summed E-state index contributed by atoms with van der Waals surface area (Å²) in [5.74, 6) is 2.90. The molecule has 0 spiro atoms. The summed E-state index contributed by atoms with van der Waals surface area (Å²) in [6, 6.07) is 0. The molecule has 6 aliphatic carbocycles. The Morgan fingerprint density at radius 1 is 0.643 bits per heavy atom. The number of fused-ring (bicyclic) bond motifs is 4. The molecule has 16 atom stereocenters. The van der Waals surface area contributed by atoms with E-state index < -0.39 is 23.8 Å². The molecule has 2 heterocycles. The molecular weight excluding hydrogens is 360 g/mol. The van der Waals surface area contributed by atoms with Gasteiger partial charge >= 0.3 is 0 Å². The molecule has 154 valence electrons. The summed E-state index contributed by atoms with van der Waals surface area (Å²) in [7, 11) is 3.38. The van der Waals surface area contributed by atoms with Crippen molar-refractivity contribution in [2.75, 3.05) is 14.2 Å². The minimum absolute atomic E-state index is 0.157. The van der Waals surface area contributed by atoms with Gasteiger partial charge in [0, 0.05) is 26.1 Å². The second kappa shape index (κ2) is 4.66. The van der Waals surface area contributed by atoms with Crippen molar-refractivity contribution < 1.29 is 29.2 Å². The molecule has 6 heteroatoms. The van der Waals surface area contributed by atoms with Crippen LogP contribution in [0.1, 0.15) is 25.7 Å². The Balaban J connectivity index is 1.41. The van der Waals surface area contributed by atoms with Crippen LogP contribution in [0.3, 0.4) is 0 Å². The lowest BCUT2D eigenvalue weighted by atomic mass is 9.67. The summed E-state index contributed by atoms with van der Waals surface area (Å²) in [6.45, 7) is 0. The predicted octanol–water partition coefficient (Wildman–Crippen LogP) is 0.995. The molecule has 8 aliphatic rings. The molecule has 0 bridgehead atoms. The van der Waals surface area contributed by atoms with E-state index in [0.717, 1.165) is 25.7 Å². The van der Waals surface area contributed by atoms with Crippen LogP contribution >= 0.6 is 0 Å². The van der Waals surface area contributed by atoms with E-state index in [1.54, 1.807) is 14.2 Å². The van der Waals surface area contributed by atoms with E-state index in [-0.39, 0.29) is 35.9 Å². The molecule has 2 N–H and O–H groups in total. The van der Waals surface area contributed by atoms with Gasteiger partial charge in [-0.3, -0.25) is 0 Å². The molecule has 28 heavy (non-hydrogen) atoms. The molecule has 8 fully saturated rings. The molecule has 0 aromatic rings. The highest BCUT2D eigenvalue weighted by atomic mass is 16.7. The minimum atomic E-state index is -0.913. The SMILES string of the molecule is CO[C@@H]1O[C@H]2CC[C@H]3[C@H]2[C@H]2[C@H]4[C@H]5[C@H]6[C@@H]7[C@H](CC[C@H]7O[C@@H](OC)[C@@]6(O)[C@@H]34)[C@@H]5[C@@]12O. The van der Waals surface area contributed by atoms with Crippen molar-refractivity contribution in [3.05, 3.63) is 0 Å². The molecule has 0 aromatic carbocycles. The predicted molar refractivity (Wildman–Crippen MR) is 94.6 cm³/mol. The standard InChI is InChI=1S/C22H30O6/c1-25-19-21(23)15-7-4-6-10-12(7)18-13(15)14-16(22(18,24)20(26-2)28-10)8-3-5-9(27-19)11(8)17(14)21/h7-20,23-24H,3-6H2,1-2H3/t7-,8-,9-,10+,11+,12+,13+,14-,15-,16-,17-,18+,19+,20+,21-,22+/m0/s1. The molecule has 0 amide bonds. The van der Waals surface area contributed by atoms with Crippen molar-refractivity contribution in [1.29, 1.82) is 0 Å². The summed E-state index contributed by atoms with van der Waals surface area (Å²) in [4.78, 5) is 0. The smallest absolute Gasteiger partial charge is 0.186 e. The fraction of sp³-hybridized carbons (Fsp3) is 1.00. The monoisotopic (exact) mass is 390 g/mol. The molecular formula is C22H30O6. The first-order chi connectivity index (χ1) is 13.6. The van der Waals surface area contributed by atoms with Gasteiger partial charge in [-0.15, -0.1) is 0 Å². The molecule has 0 radical (unpaired) electrons. The quantitative estimate of drug-likeness (QED) is 0.733. The van der Waals surface area contributed by atoms with E-state index in [9.17, 15) is 10.2 Å². The van der Waals surface area contributed by atoms with Gasteiger partial charge in [0.15, 0.2) is 12.6 Å². The highest BCUT2D eigenvalue weighted by Crippen LogP contribution is 2.84. The molecule has 6 saturated carbocycles. The number of aliphatic hydroxyl groups is 2. The van der Waals surface area contributed by atoms with Crippen LogP contribution in [-0.2, 0) is 18.9 Å². The van der Waals surface area contributed by atoms with E-state index >= 15 is 0 Å². The maximum atomic E-state index is 12.4. The normalized spacial score (nSPS) is 74.1. The maximum Gasteiger partial charge on any atom is 0.186 e. The zero-order valence-corrected chi connectivity index (χ0v) is 16.4. The third-order valence-electron chi connectivity index (χ3n) is 11.2. The Morgan fingerprint density at radius 3 is 1.46 bits per heavy atom. The summed E-state index contributed by atoms with van der Waals surface area (Å²) in [5, 5.41) is 24.7. The fourth-order valence-corrected chi connectivity index (χ4v) is 11.3. The number of hydrogen-bond acceptors (Lipinski definition) is 6. The van der Waals surface area contributed by atoms with E-state index in [0.29, 0.717) is 35.5 Å². The van der Waals surface area contributed by atoms with Gasteiger partial charge < -0.3 is 29.2 Å². The molecule has 2 aliphatic heterocycles. The van der Waals surface area contributed by atoms with Crippen LogP contribution in [0.5, 0.6) is 0 Å². The summed E-state index contributed by atoms with van der Waals surface area (Å²) in [5.41, 5.74) is -1.83. The third-order valence-corrected chi connectivity index (χ3v) is 11.2. The lowest BCUT2D eigenvalue weighted by Crippen LogP contribution is -2.62. The van der Waals surface area contributed by atoms with Gasteiger partial charge in [0.2, 0.25) is 0 Å². The van der Waals surface area contributed by atoms with Crippen LogP contribution in [0.25, 0.3) is 0 Å². The first-order valence-electron chi connectivity index (χ1n) is 11.4. The molecule has 0 unspecified atom stereocenters. The van der Waals surface area contributed by atoms with Crippen LogP contribution in [0.15, 0.2) is 0 Å². The number of hydrogen-bond donors (Lipinski definition) is 2. The number of methoxy groups -OCH3 is 2. The Bertz CT molecular complexity index is 697. The van der Waals surface area contributed by atoms with Gasteiger partial charge in [0.25, 0.3) is 0 Å². The largest absolute Gasteiger partial charge is 0.384 e. The molecule has 8 rings (SSSR count). The Labute approximate surface area is 164 Å². The van der Waals surface area contributed by atoms with Crippen LogP contribution in [0.2, 0.25) is 0 Å². The Hall–Kier alpha value is -0.240. The van der Waals surface area contributed by atoms with Crippen LogP contribution in [0, 0.1) is 59.2 Å². The highest BCUT2D eigenvalue weighted by Gasteiger charge is 2.89. The Kier molecular flexibility index (Phi) is 2.74. The highest BCUT2D eigenvalue weighted by molar-refractivity contribution is 5.35. The van der Waals surface area contributed by atoms with Crippen molar-refractivity contribution >= 4 is 0 Å². The number of rotatable bonds is 2. The molecule has 2 saturated heterocycles. The van der Waals surface area contributed by atoms with Crippen molar-refractivity contribution in [2.24, 2.45) is 59.2 Å². The average Bonchev–Trinajstić information content (AvgIpc) is 3.44. The summed E-state index contributed by atoms with van der Waals surface area (Å²) < 4.78 is 24.6.